The van der Waals surface area contributed by atoms with Gasteiger partial charge in [0.1, 0.15) is 10.5 Å². The molecule has 0 saturated carbocycles. The number of nitrogens with zero attached hydrogens (tertiary/aromatic N) is 5. The van der Waals surface area contributed by atoms with Gasteiger partial charge in [-0.3, -0.25) is 20.2 Å². The Morgan fingerprint density at radius 1 is 1.42 bits per heavy atom. The number of nitrogens with one attached hydrogen (secondary N) is 1. The Balaban J connectivity index is 2.63. The molecule has 12 heteroatoms. The van der Waals surface area contributed by atoms with Crippen LogP contribution in [0.1, 0.15) is 22.8 Å². The molecule has 0 spiro atoms. The van der Waals surface area contributed by atoms with Gasteiger partial charge in [0, 0.05) is 7.05 Å². The number of tetrazole rings is 1. The molecule has 0 aliphatic carbocycles. The van der Waals surface area contributed by atoms with Crippen LogP contribution in [0.5, 0.6) is 0 Å². The van der Waals surface area contributed by atoms with Crippen LogP contribution in [-0.2, 0) is 16.9 Å². The Morgan fingerprint density at radius 2 is 2.08 bits per heavy atom. The van der Waals surface area contributed by atoms with Crippen LogP contribution >= 0.6 is 0 Å². The van der Waals surface area contributed by atoms with E-state index in [-0.39, 0.29) is 22.8 Å². The van der Waals surface area contributed by atoms with Crippen molar-refractivity contribution in [1.82, 2.24) is 20.2 Å². The van der Waals surface area contributed by atoms with Crippen molar-refractivity contribution in [3.63, 3.8) is 0 Å². The smallest absolute Gasteiger partial charge is 0.289 e. The number of nitro benzene ring substituents is 1. The highest BCUT2D eigenvalue weighted by atomic mass is 32.2. The molecule has 0 unspecified atom stereocenters. The number of aromatic nitrogens is 4. The number of benzene rings is 1. The molecule has 1 aromatic carbocycles. The maximum absolute atomic E-state index is 12.3. The molecule has 0 radical (unpaired) electrons. The lowest BCUT2D eigenvalue weighted by molar-refractivity contribution is -0.388. The van der Waals surface area contributed by atoms with E-state index in [1.165, 1.54) is 33.0 Å². The average molecular weight is 354 g/mol. The first-order valence-corrected chi connectivity index (χ1v) is 8.38. The van der Waals surface area contributed by atoms with Crippen molar-refractivity contribution in [3.8, 4) is 0 Å². The van der Waals surface area contributed by atoms with Crippen LogP contribution in [0.15, 0.2) is 17.0 Å². The van der Waals surface area contributed by atoms with E-state index in [1.807, 2.05) is 0 Å². The predicted octanol–water partition coefficient (Wildman–Crippen LogP) is 0.473. The number of sulfone groups is 1. The van der Waals surface area contributed by atoms with Gasteiger partial charge in [0.2, 0.25) is 5.95 Å². The monoisotopic (exact) mass is 354 g/mol. The molecular weight excluding hydrogens is 340 g/mol. The zero-order chi connectivity index (χ0) is 18.1. The summed E-state index contributed by atoms with van der Waals surface area (Å²) in [5.41, 5.74) is -0.953. The summed E-state index contributed by atoms with van der Waals surface area (Å²) in [4.78, 5) is 22.5. The predicted molar refractivity (Wildman–Crippen MR) is 82.3 cm³/mol. The zero-order valence-corrected chi connectivity index (χ0v) is 13.9. The molecule has 0 aliphatic rings. The van der Waals surface area contributed by atoms with Crippen molar-refractivity contribution in [2.45, 2.75) is 18.7 Å². The first kappa shape index (κ1) is 17.5. The van der Waals surface area contributed by atoms with Crippen LogP contribution < -0.4 is 5.32 Å². The summed E-state index contributed by atoms with van der Waals surface area (Å²) in [5, 5.41) is 24.1. The molecule has 1 N–H and O–H groups in total. The minimum atomic E-state index is -3.90. The highest BCUT2D eigenvalue weighted by molar-refractivity contribution is 7.91. The van der Waals surface area contributed by atoms with Gasteiger partial charge in [0.25, 0.3) is 5.91 Å². The normalized spacial score (nSPS) is 11.3. The number of anilines is 1. The molecule has 128 valence electrons. The number of hydrogen-bond donors (Lipinski definition) is 1. The summed E-state index contributed by atoms with van der Waals surface area (Å²) >= 11 is 0. The van der Waals surface area contributed by atoms with Crippen molar-refractivity contribution in [1.29, 1.82) is 0 Å². The quantitative estimate of drug-likeness (QED) is 0.601. The number of carbonyl (C=O) groups is 1. The molecule has 1 amide bonds. The first-order chi connectivity index (χ1) is 11.2. The minimum Gasteiger partial charge on any atom is -0.289 e. The number of rotatable bonds is 5. The van der Waals surface area contributed by atoms with E-state index in [1.54, 1.807) is 0 Å². The van der Waals surface area contributed by atoms with E-state index in [9.17, 15) is 23.3 Å². The topological polar surface area (TPSA) is 150 Å². The summed E-state index contributed by atoms with van der Waals surface area (Å²) in [6.07, 6.45) is 0. The molecule has 2 aromatic rings. The fraction of sp³-hybridized carbons (Fsp3) is 0.333. The summed E-state index contributed by atoms with van der Waals surface area (Å²) < 4.78 is 25.6. The maximum Gasteiger partial charge on any atom is 0.300 e. The maximum atomic E-state index is 12.3. The van der Waals surface area contributed by atoms with E-state index < -0.39 is 31.3 Å². The molecule has 0 aliphatic heterocycles. The first-order valence-electron chi connectivity index (χ1n) is 6.73. The lowest BCUT2D eigenvalue weighted by atomic mass is 10.1. The fourth-order valence-electron chi connectivity index (χ4n) is 2.08. The lowest BCUT2D eigenvalue weighted by Crippen LogP contribution is -2.19. The third kappa shape index (κ3) is 3.08. The number of carbonyl (C=O) groups excluding carboxylic acids is 1. The van der Waals surface area contributed by atoms with Crippen LogP contribution in [0.4, 0.5) is 11.6 Å². The third-order valence-corrected chi connectivity index (χ3v) is 5.19. The van der Waals surface area contributed by atoms with Crippen LogP contribution in [0.25, 0.3) is 0 Å². The van der Waals surface area contributed by atoms with Gasteiger partial charge in [0.05, 0.1) is 10.7 Å². The highest BCUT2D eigenvalue weighted by Gasteiger charge is 2.33. The van der Waals surface area contributed by atoms with Crippen molar-refractivity contribution < 1.29 is 18.1 Å². The number of aryl methyl sites for hydroxylation is 2. The Hall–Kier alpha value is -2.89. The second kappa shape index (κ2) is 6.31. The van der Waals surface area contributed by atoms with Crippen molar-refractivity contribution in [3.05, 3.63) is 33.4 Å². The minimum absolute atomic E-state index is 0.0326. The number of hydrogen-bond acceptors (Lipinski definition) is 8. The second-order valence-corrected chi connectivity index (χ2v) is 7.06. The van der Waals surface area contributed by atoms with E-state index in [2.05, 4.69) is 20.8 Å². The third-order valence-electron chi connectivity index (χ3n) is 3.29. The Morgan fingerprint density at radius 3 is 2.58 bits per heavy atom. The van der Waals surface area contributed by atoms with Crippen molar-refractivity contribution >= 4 is 27.4 Å². The van der Waals surface area contributed by atoms with Gasteiger partial charge in [-0.25, -0.2) is 13.1 Å². The molecule has 0 atom stereocenters. The van der Waals surface area contributed by atoms with Crippen molar-refractivity contribution in [2.24, 2.45) is 7.05 Å². The second-order valence-electron chi connectivity index (χ2n) is 4.85. The van der Waals surface area contributed by atoms with E-state index in [0.717, 1.165) is 4.68 Å². The van der Waals surface area contributed by atoms with Crippen LogP contribution in [0.2, 0.25) is 0 Å². The standard InChI is InChI=1S/C12H14N6O5S/c1-4-24(22,23)10-7(2)5-6-8(9(10)18(20)21)11(19)13-12-14-15-16-17(12)3/h5-6H,4H2,1-3H3,(H,13,14,16,19). The summed E-state index contributed by atoms with van der Waals surface area (Å²) in [5.74, 6) is -1.24. The molecule has 1 heterocycles. The van der Waals surface area contributed by atoms with Gasteiger partial charge in [0.15, 0.2) is 9.84 Å². The van der Waals surface area contributed by atoms with Crippen LogP contribution in [-0.4, -0.2) is 45.2 Å². The van der Waals surface area contributed by atoms with Gasteiger partial charge < -0.3 is 0 Å². The van der Waals surface area contributed by atoms with Gasteiger partial charge in [-0.15, -0.1) is 0 Å². The molecule has 0 saturated heterocycles. The Kier molecular flexibility index (Phi) is 4.59. The molecule has 11 nitrogen and oxygen atoms in total. The average Bonchev–Trinajstić information content (AvgIpc) is 2.91. The molecular formula is C12H14N6O5S. The SMILES string of the molecule is CCS(=O)(=O)c1c(C)ccc(C(=O)Nc2nnnn2C)c1[N+](=O)[O-]. The van der Waals surface area contributed by atoms with E-state index in [4.69, 9.17) is 0 Å². The van der Waals surface area contributed by atoms with Gasteiger partial charge in [-0.05, 0) is 29.0 Å². The molecule has 1 aromatic heterocycles. The van der Waals surface area contributed by atoms with E-state index >= 15 is 0 Å². The Labute approximate surface area is 136 Å². The summed E-state index contributed by atoms with van der Waals surface area (Å²) in [6, 6.07) is 2.54. The zero-order valence-electron chi connectivity index (χ0n) is 13.0. The summed E-state index contributed by atoms with van der Waals surface area (Å²) in [7, 11) is -2.43. The fourth-order valence-corrected chi connectivity index (χ4v) is 3.40. The largest absolute Gasteiger partial charge is 0.300 e. The van der Waals surface area contributed by atoms with Gasteiger partial charge in [-0.2, -0.15) is 0 Å². The number of amides is 1. The molecule has 24 heavy (non-hydrogen) atoms. The Bertz CT molecular complexity index is 920. The van der Waals surface area contributed by atoms with Gasteiger partial charge in [-0.1, -0.05) is 18.1 Å². The van der Waals surface area contributed by atoms with Crippen molar-refractivity contribution in [2.75, 3.05) is 11.1 Å². The van der Waals surface area contributed by atoms with Crippen LogP contribution in [0.3, 0.4) is 0 Å². The van der Waals surface area contributed by atoms with E-state index in [0.29, 0.717) is 0 Å². The van der Waals surface area contributed by atoms with Gasteiger partial charge >= 0.3 is 5.69 Å². The molecule has 0 fully saturated rings. The summed E-state index contributed by atoms with van der Waals surface area (Å²) in [6.45, 7) is 2.81. The molecule has 2 rings (SSSR count). The molecule has 0 bridgehead atoms. The number of nitro groups is 1. The lowest BCUT2D eigenvalue weighted by Gasteiger charge is -2.10. The van der Waals surface area contributed by atoms with Crippen LogP contribution in [0, 0.1) is 17.0 Å². The highest BCUT2D eigenvalue weighted by Crippen LogP contribution is 2.32.